The Hall–Kier alpha value is -3.21. The van der Waals surface area contributed by atoms with Crippen LogP contribution >= 0.6 is 0 Å². The summed E-state index contributed by atoms with van der Waals surface area (Å²) in [7, 11) is 1.33. The average molecular weight is 336 g/mol. The molecule has 3 rings (SSSR count). The van der Waals surface area contributed by atoms with Gasteiger partial charge in [-0.05, 0) is 28.8 Å². The van der Waals surface area contributed by atoms with Crippen molar-refractivity contribution in [1.29, 1.82) is 0 Å². The Balaban J connectivity index is 1.70. The summed E-state index contributed by atoms with van der Waals surface area (Å²) < 4.78 is 10.6. The van der Waals surface area contributed by atoms with Crippen LogP contribution in [0.4, 0.5) is 5.69 Å². The van der Waals surface area contributed by atoms with Crippen LogP contribution in [0.3, 0.4) is 0 Å². The van der Waals surface area contributed by atoms with E-state index in [-0.39, 0.29) is 5.69 Å². The zero-order valence-corrected chi connectivity index (χ0v) is 14.0. The molecule has 0 radical (unpaired) electrons. The predicted molar refractivity (Wildman–Crippen MR) is 96.6 cm³/mol. The zero-order chi connectivity index (χ0) is 17.6. The van der Waals surface area contributed by atoms with Gasteiger partial charge < -0.3 is 20.2 Å². The molecule has 0 aliphatic carbocycles. The molecule has 0 unspecified atom stereocenters. The fourth-order valence-corrected chi connectivity index (χ4v) is 2.60. The first-order chi connectivity index (χ1) is 12.2. The van der Waals surface area contributed by atoms with E-state index in [0.29, 0.717) is 18.7 Å². The Morgan fingerprint density at radius 3 is 2.60 bits per heavy atom. The maximum absolute atomic E-state index is 11.6. The van der Waals surface area contributed by atoms with E-state index in [2.05, 4.69) is 4.98 Å². The van der Waals surface area contributed by atoms with Crippen molar-refractivity contribution in [3.63, 3.8) is 0 Å². The molecule has 0 spiro atoms. The van der Waals surface area contributed by atoms with E-state index in [1.807, 2.05) is 54.6 Å². The number of hydrogen-bond acceptors (Lipinski definition) is 4. The Morgan fingerprint density at radius 2 is 1.84 bits per heavy atom. The molecular weight excluding hydrogens is 316 g/mol. The summed E-state index contributed by atoms with van der Waals surface area (Å²) in [4.78, 5) is 14.5. The van der Waals surface area contributed by atoms with E-state index in [9.17, 15) is 4.79 Å². The molecule has 0 bridgehead atoms. The quantitative estimate of drug-likeness (QED) is 0.675. The predicted octanol–water partition coefficient (Wildman–Crippen LogP) is 3.55. The summed E-state index contributed by atoms with van der Waals surface area (Å²) >= 11 is 0. The summed E-state index contributed by atoms with van der Waals surface area (Å²) in [6.07, 6.45) is 2.33. The first-order valence-corrected chi connectivity index (χ1v) is 7.97. The number of carbonyl (C=O) groups excluding carboxylic acids is 1. The maximum atomic E-state index is 11.6. The van der Waals surface area contributed by atoms with Gasteiger partial charge in [0.15, 0.2) is 0 Å². The highest BCUT2D eigenvalue weighted by atomic mass is 16.5. The number of ether oxygens (including phenoxy) is 2. The Labute approximate surface area is 146 Å². The highest BCUT2D eigenvalue weighted by Gasteiger charge is 2.15. The first-order valence-electron chi connectivity index (χ1n) is 7.97. The second-order valence-corrected chi connectivity index (χ2v) is 5.69. The number of methoxy groups -OCH3 is 1. The van der Waals surface area contributed by atoms with Crippen molar-refractivity contribution < 1.29 is 14.3 Å². The maximum Gasteiger partial charge on any atom is 0.356 e. The van der Waals surface area contributed by atoms with Gasteiger partial charge in [-0.2, -0.15) is 0 Å². The molecule has 5 nitrogen and oxygen atoms in total. The molecule has 0 saturated carbocycles. The van der Waals surface area contributed by atoms with Gasteiger partial charge in [0.2, 0.25) is 0 Å². The third kappa shape index (κ3) is 4.01. The Morgan fingerprint density at radius 1 is 1.08 bits per heavy atom. The minimum Gasteiger partial charge on any atom is -0.489 e. The highest BCUT2D eigenvalue weighted by Crippen LogP contribution is 2.23. The van der Waals surface area contributed by atoms with Crippen molar-refractivity contribution in [3.8, 4) is 5.75 Å². The molecule has 0 aliphatic rings. The van der Waals surface area contributed by atoms with Crippen LogP contribution in [0.25, 0.3) is 0 Å². The highest BCUT2D eigenvalue weighted by molar-refractivity contribution is 5.94. The molecule has 2 aromatic carbocycles. The zero-order valence-electron chi connectivity index (χ0n) is 14.0. The van der Waals surface area contributed by atoms with Crippen LogP contribution in [0.2, 0.25) is 0 Å². The first kappa shape index (κ1) is 16.6. The van der Waals surface area contributed by atoms with Gasteiger partial charge in [-0.1, -0.05) is 42.5 Å². The standard InChI is InChI=1S/C20H20N2O3/c1-24-20(23)19-18(21)16(12-22-19)10-15-8-5-9-17(11-15)25-13-14-6-3-2-4-7-14/h2-9,11-12,22H,10,13,21H2,1H3. The lowest BCUT2D eigenvalue weighted by Gasteiger charge is -2.08. The largest absolute Gasteiger partial charge is 0.489 e. The summed E-state index contributed by atoms with van der Waals surface area (Å²) in [5, 5.41) is 0. The van der Waals surface area contributed by atoms with Gasteiger partial charge in [0, 0.05) is 12.6 Å². The molecule has 0 atom stereocenters. The van der Waals surface area contributed by atoms with Crippen LogP contribution in [0.5, 0.6) is 5.75 Å². The number of hydrogen-bond donors (Lipinski definition) is 2. The minimum atomic E-state index is -0.469. The molecule has 128 valence electrons. The third-order valence-corrected chi connectivity index (χ3v) is 3.94. The van der Waals surface area contributed by atoms with E-state index in [0.717, 1.165) is 22.4 Å². The van der Waals surface area contributed by atoms with Crippen molar-refractivity contribution >= 4 is 11.7 Å². The van der Waals surface area contributed by atoms with Crippen LogP contribution in [0.15, 0.2) is 60.8 Å². The Bertz CT molecular complexity index is 856. The molecule has 0 aliphatic heterocycles. The number of esters is 1. The number of carbonyl (C=O) groups is 1. The second-order valence-electron chi connectivity index (χ2n) is 5.69. The van der Waals surface area contributed by atoms with Crippen LogP contribution in [-0.4, -0.2) is 18.1 Å². The van der Waals surface area contributed by atoms with Crippen molar-refractivity contribution in [1.82, 2.24) is 4.98 Å². The molecule has 5 heteroatoms. The van der Waals surface area contributed by atoms with Gasteiger partial charge >= 0.3 is 5.97 Å². The number of aromatic amines is 1. The number of nitrogens with one attached hydrogen (secondary N) is 1. The number of aromatic nitrogens is 1. The molecule has 0 amide bonds. The fraction of sp³-hybridized carbons (Fsp3) is 0.150. The summed E-state index contributed by atoms with van der Waals surface area (Å²) in [5.74, 6) is 0.326. The molecule has 1 heterocycles. The molecule has 0 saturated heterocycles. The van der Waals surface area contributed by atoms with Crippen LogP contribution in [0, 0.1) is 0 Å². The molecule has 3 aromatic rings. The molecule has 3 N–H and O–H groups in total. The van der Waals surface area contributed by atoms with Gasteiger partial charge in [0.05, 0.1) is 12.8 Å². The van der Waals surface area contributed by atoms with E-state index in [4.69, 9.17) is 15.2 Å². The van der Waals surface area contributed by atoms with Crippen molar-refractivity contribution in [2.24, 2.45) is 0 Å². The summed E-state index contributed by atoms with van der Waals surface area (Å²) in [5.41, 5.74) is 9.75. The van der Waals surface area contributed by atoms with Crippen molar-refractivity contribution in [3.05, 3.63) is 83.2 Å². The van der Waals surface area contributed by atoms with E-state index < -0.39 is 5.97 Å². The lowest BCUT2D eigenvalue weighted by Crippen LogP contribution is -2.05. The SMILES string of the molecule is COC(=O)c1[nH]cc(Cc2cccc(OCc3ccccc3)c2)c1N. The lowest BCUT2D eigenvalue weighted by molar-refractivity contribution is 0.0596. The van der Waals surface area contributed by atoms with Crippen LogP contribution in [0.1, 0.15) is 27.2 Å². The molecule has 0 fully saturated rings. The number of benzene rings is 2. The van der Waals surface area contributed by atoms with Crippen molar-refractivity contribution in [2.75, 3.05) is 12.8 Å². The third-order valence-electron chi connectivity index (χ3n) is 3.94. The van der Waals surface area contributed by atoms with Crippen molar-refractivity contribution in [2.45, 2.75) is 13.0 Å². The number of anilines is 1. The van der Waals surface area contributed by atoms with Gasteiger partial charge in [0.25, 0.3) is 0 Å². The second kappa shape index (κ2) is 7.57. The van der Waals surface area contributed by atoms with Gasteiger partial charge in [-0.3, -0.25) is 0 Å². The normalized spacial score (nSPS) is 10.4. The topological polar surface area (TPSA) is 77.3 Å². The average Bonchev–Trinajstić information content (AvgIpc) is 3.01. The molecule has 25 heavy (non-hydrogen) atoms. The van der Waals surface area contributed by atoms with Gasteiger partial charge in [0.1, 0.15) is 18.1 Å². The summed E-state index contributed by atoms with van der Waals surface area (Å²) in [6.45, 7) is 0.517. The van der Waals surface area contributed by atoms with Crippen LogP contribution < -0.4 is 10.5 Å². The molecule has 1 aromatic heterocycles. The van der Waals surface area contributed by atoms with Gasteiger partial charge in [-0.25, -0.2) is 4.79 Å². The van der Waals surface area contributed by atoms with E-state index in [1.54, 1.807) is 6.20 Å². The van der Waals surface area contributed by atoms with E-state index >= 15 is 0 Å². The fourth-order valence-electron chi connectivity index (χ4n) is 2.60. The molecular formula is C20H20N2O3. The summed E-state index contributed by atoms with van der Waals surface area (Å²) in [6, 6.07) is 17.9. The number of nitrogen functional groups attached to an aromatic ring is 1. The van der Waals surface area contributed by atoms with Gasteiger partial charge in [-0.15, -0.1) is 0 Å². The lowest BCUT2D eigenvalue weighted by atomic mass is 10.1. The minimum absolute atomic E-state index is 0.286. The van der Waals surface area contributed by atoms with Crippen LogP contribution in [-0.2, 0) is 17.8 Å². The van der Waals surface area contributed by atoms with E-state index in [1.165, 1.54) is 7.11 Å². The Kier molecular flexibility index (Phi) is 5.04. The monoisotopic (exact) mass is 336 g/mol. The number of H-pyrrole nitrogens is 1. The number of nitrogens with two attached hydrogens (primary N) is 1. The smallest absolute Gasteiger partial charge is 0.356 e. The number of rotatable bonds is 6.